The zero-order valence-electron chi connectivity index (χ0n) is 7.60. The summed E-state index contributed by atoms with van der Waals surface area (Å²) in [5, 5.41) is 11.3. The number of nitrogens with zero attached hydrogens (tertiary/aromatic N) is 1. The third-order valence-corrected chi connectivity index (χ3v) is 2.51. The lowest BCUT2D eigenvalue weighted by atomic mass is 10.1. The third-order valence-electron chi connectivity index (χ3n) is 2.51. The summed E-state index contributed by atoms with van der Waals surface area (Å²) < 4.78 is 5.11. The number of aliphatic hydroxyl groups excluding tert-OH is 1. The first-order chi connectivity index (χ1) is 6.74. The van der Waals surface area contributed by atoms with Crippen molar-refractivity contribution in [1.29, 1.82) is 0 Å². The van der Waals surface area contributed by atoms with Crippen LogP contribution in [0.15, 0.2) is 0 Å². The maximum absolute atomic E-state index is 11.6. The van der Waals surface area contributed by atoms with E-state index in [1.165, 1.54) is 4.90 Å². The number of rotatable bonds is 1. The number of carbonyl (C=O) groups excluding carboxylic acids is 2. The van der Waals surface area contributed by atoms with Crippen LogP contribution in [0.4, 0.5) is 0 Å². The highest BCUT2D eigenvalue weighted by atomic mass is 16.5. The number of carbonyl (C=O) groups is 2. The molecule has 2 aliphatic heterocycles. The van der Waals surface area contributed by atoms with Gasteiger partial charge in [-0.15, -0.1) is 0 Å². The lowest BCUT2D eigenvalue weighted by molar-refractivity contribution is -0.158. The number of hydrogen-bond donors (Lipinski definition) is 2. The molecule has 0 radical (unpaired) electrons. The predicted molar refractivity (Wildman–Crippen MR) is 45.3 cm³/mol. The van der Waals surface area contributed by atoms with Crippen LogP contribution in [0.3, 0.4) is 0 Å². The van der Waals surface area contributed by atoms with Crippen molar-refractivity contribution in [2.24, 2.45) is 0 Å². The quantitative estimate of drug-likeness (QED) is 0.499. The monoisotopic (exact) mass is 200 g/mol. The Hall–Kier alpha value is -1.14. The Morgan fingerprint density at radius 3 is 3.07 bits per heavy atom. The van der Waals surface area contributed by atoms with Crippen LogP contribution >= 0.6 is 0 Å². The first-order valence-electron chi connectivity index (χ1n) is 4.53. The van der Waals surface area contributed by atoms with Gasteiger partial charge in [-0.2, -0.15) is 0 Å². The van der Waals surface area contributed by atoms with Gasteiger partial charge in [0.25, 0.3) is 0 Å². The number of amides is 2. The third kappa shape index (κ3) is 1.36. The molecule has 0 unspecified atom stereocenters. The lowest BCUT2D eigenvalue weighted by Crippen LogP contribution is -2.67. The molecular formula is C8H12N2O4. The van der Waals surface area contributed by atoms with Gasteiger partial charge in [-0.25, -0.2) is 0 Å². The van der Waals surface area contributed by atoms with Gasteiger partial charge in [0.05, 0.1) is 19.8 Å². The van der Waals surface area contributed by atoms with Crippen molar-refractivity contribution < 1.29 is 19.4 Å². The van der Waals surface area contributed by atoms with E-state index in [2.05, 4.69) is 5.32 Å². The van der Waals surface area contributed by atoms with Crippen LogP contribution in [0, 0.1) is 0 Å². The number of piperazine rings is 1. The molecule has 2 fully saturated rings. The number of nitrogens with one attached hydrogen (secondary N) is 1. The summed E-state index contributed by atoms with van der Waals surface area (Å²) >= 11 is 0. The summed E-state index contributed by atoms with van der Waals surface area (Å²) in [5.74, 6) is -0.469. The predicted octanol–water partition coefficient (Wildman–Crippen LogP) is -2.30. The highest BCUT2D eigenvalue weighted by molar-refractivity contribution is 5.97. The Bertz CT molecular complexity index is 268. The molecule has 2 heterocycles. The normalized spacial score (nSPS) is 32.5. The lowest BCUT2D eigenvalue weighted by Gasteiger charge is -2.40. The molecular weight excluding hydrogens is 188 g/mol. The topological polar surface area (TPSA) is 78.9 Å². The molecule has 2 atom stereocenters. The van der Waals surface area contributed by atoms with Gasteiger partial charge < -0.3 is 20.1 Å². The summed E-state index contributed by atoms with van der Waals surface area (Å²) in [4.78, 5) is 24.6. The van der Waals surface area contributed by atoms with E-state index in [0.29, 0.717) is 13.2 Å². The second-order valence-electron chi connectivity index (χ2n) is 3.37. The summed E-state index contributed by atoms with van der Waals surface area (Å²) in [6, 6.07) is -1.30. The number of hydrogen-bond acceptors (Lipinski definition) is 4. The molecule has 78 valence electrons. The number of fused-ring (bicyclic) bond motifs is 1. The van der Waals surface area contributed by atoms with Crippen molar-refractivity contribution in [3.63, 3.8) is 0 Å². The van der Waals surface area contributed by atoms with Gasteiger partial charge in [-0.1, -0.05) is 0 Å². The minimum absolute atomic E-state index is 0.222. The molecule has 0 aromatic heterocycles. The van der Waals surface area contributed by atoms with Crippen molar-refractivity contribution in [2.45, 2.75) is 12.1 Å². The standard InChI is InChI=1S/C8H12N2O4/c11-3-5-8(13)10-1-2-14-4-6(10)7(12)9-5/h5-6,11H,1-4H2,(H,9,12)/t5-,6+/m1/s1. The van der Waals surface area contributed by atoms with Crippen molar-refractivity contribution >= 4 is 11.8 Å². The molecule has 0 aromatic carbocycles. The van der Waals surface area contributed by atoms with E-state index in [9.17, 15) is 9.59 Å². The van der Waals surface area contributed by atoms with E-state index in [1.54, 1.807) is 0 Å². The van der Waals surface area contributed by atoms with Crippen LogP contribution in [0.5, 0.6) is 0 Å². The van der Waals surface area contributed by atoms with Crippen LogP contribution in [-0.4, -0.2) is 60.3 Å². The summed E-state index contributed by atoms with van der Waals surface area (Å²) in [6.45, 7) is 0.769. The van der Waals surface area contributed by atoms with E-state index in [1.807, 2.05) is 0 Å². The molecule has 2 amide bonds. The van der Waals surface area contributed by atoms with Crippen LogP contribution in [0.2, 0.25) is 0 Å². The van der Waals surface area contributed by atoms with Crippen molar-refractivity contribution in [1.82, 2.24) is 10.2 Å². The molecule has 2 saturated heterocycles. The molecule has 0 bridgehead atoms. The summed E-state index contributed by atoms with van der Waals surface area (Å²) in [6.07, 6.45) is 0. The largest absolute Gasteiger partial charge is 0.394 e. The Labute approximate surface area is 80.8 Å². The van der Waals surface area contributed by atoms with Gasteiger partial charge >= 0.3 is 0 Å². The first kappa shape index (κ1) is 9.42. The van der Waals surface area contributed by atoms with Crippen LogP contribution in [0.25, 0.3) is 0 Å². The van der Waals surface area contributed by atoms with Crippen LogP contribution in [0.1, 0.15) is 0 Å². The van der Waals surface area contributed by atoms with Gasteiger partial charge in [0.15, 0.2) is 0 Å². The Balaban J connectivity index is 2.17. The Kier molecular flexibility index (Phi) is 2.39. The second-order valence-corrected chi connectivity index (χ2v) is 3.37. The van der Waals surface area contributed by atoms with Crippen molar-refractivity contribution in [3.05, 3.63) is 0 Å². The maximum atomic E-state index is 11.6. The number of aliphatic hydroxyl groups is 1. The first-order valence-corrected chi connectivity index (χ1v) is 4.53. The fraction of sp³-hybridized carbons (Fsp3) is 0.750. The average Bonchev–Trinajstić information content (AvgIpc) is 2.23. The summed E-state index contributed by atoms with van der Waals surface area (Å²) in [7, 11) is 0. The highest BCUT2D eigenvalue weighted by Crippen LogP contribution is 2.13. The molecule has 0 spiro atoms. The molecule has 2 N–H and O–H groups in total. The number of morpholine rings is 1. The van der Waals surface area contributed by atoms with E-state index < -0.39 is 12.1 Å². The average molecular weight is 200 g/mol. The number of ether oxygens (including phenoxy) is 1. The van der Waals surface area contributed by atoms with E-state index in [0.717, 1.165) is 0 Å². The van der Waals surface area contributed by atoms with Crippen LogP contribution in [-0.2, 0) is 14.3 Å². The summed E-state index contributed by atoms with van der Waals surface area (Å²) in [5.41, 5.74) is 0. The fourth-order valence-electron chi connectivity index (χ4n) is 1.74. The molecule has 14 heavy (non-hydrogen) atoms. The van der Waals surface area contributed by atoms with E-state index >= 15 is 0 Å². The molecule has 6 nitrogen and oxygen atoms in total. The minimum Gasteiger partial charge on any atom is -0.394 e. The molecule has 2 aliphatic rings. The molecule has 0 aliphatic carbocycles. The molecule has 0 aromatic rings. The Morgan fingerprint density at radius 1 is 1.57 bits per heavy atom. The molecule has 2 rings (SSSR count). The van der Waals surface area contributed by atoms with E-state index in [-0.39, 0.29) is 25.0 Å². The van der Waals surface area contributed by atoms with E-state index in [4.69, 9.17) is 9.84 Å². The smallest absolute Gasteiger partial charge is 0.248 e. The molecule has 0 saturated carbocycles. The minimum atomic E-state index is -0.781. The van der Waals surface area contributed by atoms with Gasteiger partial charge in [0.2, 0.25) is 11.8 Å². The highest BCUT2D eigenvalue weighted by Gasteiger charge is 2.41. The second kappa shape index (κ2) is 3.55. The molecule has 6 heteroatoms. The van der Waals surface area contributed by atoms with Gasteiger partial charge in [-0.05, 0) is 0 Å². The van der Waals surface area contributed by atoms with Crippen molar-refractivity contribution in [2.75, 3.05) is 26.4 Å². The van der Waals surface area contributed by atoms with Crippen LogP contribution < -0.4 is 5.32 Å². The van der Waals surface area contributed by atoms with Gasteiger partial charge in [0.1, 0.15) is 12.1 Å². The SMILES string of the molecule is O=C1N[C@H](CO)C(=O)N2CCOC[C@@H]12. The maximum Gasteiger partial charge on any atom is 0.248 e. The van der Waals surface area contributed by atoms with Gasteiger partial charge in [-0.3, -0.25) is 9.59 Å². The zero-order valence-corrected chi connectivity index (χ0v) is 7.60. The zero-order chi connectivity index (χ0) is 10.1. The Morgan fingerprint density at radius 2 is 2.36 bits per heavy atom. The van der Waals surface area contributed by atoms with Crippen molar-refractivity contribution in [3.8, 4) is 0 Å². The van der Waals surface area contributed by atoms with Gasteiger partial charge in [0, 0.05) is 6.54 Å². The fourth-order valence-corrected chi connectivity index (χ4v) is 1.74.